The molecule has 21 heavy (non-hydrogen) atoms. The van der Waals surface area contributed by atoms with Crippen molar-refractivity contribution in [1.29, 1.82) is 0 Å². The lowest BCUT2D eigenvalue weighted by atomic mass is 10.2. The summed E-state index contributed by atoms with van der Waals surface area (Å²) in [5.41, 5.74) is 0.161. The quantitative estimate of drug-likeness (QED) is 0.869. The first-order chi connectivity index (χ1) is 9.76. The number of nitrogens with one attached hydrogen (secondary N) is 1. The summed E-state index contributed by atoms with van der Waals surface area (Å²) in [6.07, 6.45) is -4.00. The summed E-state index contributed by atoms with van der Waals surface area (Å²) >= 11 is 0. The fraction of sp³-hybridized carbons (Fsp3) is 0.462. The number of carbonyl (C=O) groups excluding carboxylic acids is 1. The van der Waals surface area contributed by atoms with Crippen LogP contribution in [0.2, 0.25) is 0 Å². The Hall–Kier alpha value is -1.99. The fourth-order valence-corrected chi connectivity index (χ4v) is 2.04. The Morgan fingerprint density at radius 2 is 2.14 bits per heavy atom. The minimum Gasteiger partial charge on any atom is -0.482 e. The number of benzene rings is 1. The molecule has 0 aliphatic carbocycles. The van der Waals surface area contributed by atoms with Crippen LogP contribution < -0.4 is 10.1 Å². The van der Waals surface area contributed by atoms with Crippen molar-refractivity contribution >= 4 is 11.6 Å². The maximum absolute atomic E-state index is 13.2. The summed E-state index contributed by atoms with van der Waals surface area (Å²) in [5.74, 6) is -1.15. The van der Waals surface area contributed by atoms with Crippen LogP contribution in [0, 0.1) is 5.82 Å². The number of carbonyl (C=O) groups is 1. The number of anilines is 1. The van der Waals surface area contributed by atoms with E-state index < -0.39 is 24.6 Å². The van der Waals surface area contributed by atoms with Crippen molar-refractivity contribution in [2.75, 3.05) is 25.5 Å². The van der Waals surface area contributed by atoms with E-state index in [0.717, 1.165) is 12.1 Å². The summed E-state index contributed by atoms with van der Waals surface area (Å²) in [6.45, 7) is -0.972. The number of halogens is 4. The zero-order chi connectivity index (χ0) is 15.6. The van der Waals surface area contributed by atoms with Crippen LogP contribution in [0.3, 0.4) is 0 Å². The molecule has 0 spiro atoms. The van der Waals surface area contributed by atoms with Crippen LogP contribution in [0.1, 0.15) is 6.42 Å². The van der Waals surface area contributed by atoms with E-state index in [4.69, 9.17) is 0 Å². The first-order valence-electron chi connectivity index (χ1n) is 6.27. The Kier molecular flexibility index (Phi) is 4.24. The molecule has 1 aromatic carbocycles. The summed E-state index contributed by atoms with van der Waals surface area (Å²) in [7, 11) is 1.63. The molecule has 1 aromatic rings. The van der Waals surface area contributed by atoms with Gasteiger partial charge in [-0.25, -0.2) is 4.39 Å². The lowest BCUT2D eigenvalue weighted by Gasteiger charge is -2.17. The summed E-state index contributed by atoms with van der Waals surface area (Å²) in [4.78, 5) is 13.3. The molecule has 0 aromatic heterocycles. The Morgan fingerprint density at radius 3 is 2.71 bits per heavy atom. The molecule has 1 aliphatic heterocycles. The number of alkyl halides is 3. The third-order valence-electron chi connectivity index (χ3n) is 3.09. The highest BCUT2D eigenvalue weighted by molar-refractivity contribution is 5.87. The highest BCUT2D eigenvalue weighted by Crippen LogP contribution is 2.29. The Labute approximate surface area is 118 Å². The molecular weight excluding hydrogens is 292 g/mol. The Balaban J connectivity index is 2.13. The maximum atomic E-state index is 13.2. The second-order valence-corrected chi connectivity index (χ2v) is 4.79. The SMILES string of the molecule is CN1CCC(Nc2ccc(F)cc2OCC(F)(F)F)C1=O. The minimum absolute atomic E-state index is 0.161. The molecule has 4 nitrogen and oxygen atoms in total. The van der Waals surface area contributed by atoms with Crippen LogP contribution in [0.5, 0.6) is 5.75 Å². The second-order valence-electron chi connectivity index (χ2n) is 4.79. The largest absolute Gasteiger partial charge is 0.482 e. The number of ether oxygens (including phenoxy) is 1. The highest BCUT2D eigenvalue weighted by Gasteiger charge is 2.31. The molecule has 1 fully saturated rings. The summed E-state index contributed by atoms with van der Waals surface area (Å²) < 4.78 is 54.3. The molecule has 1 amide bonds. The van der Waals surface area contributed by atoms with Crippen LogP contribution >= 0.6 is 0 Å². The van der Waals surface area contributed by atoms with Gasteiger partial charge in [0, 0.05) is 19.7 Å². The topological polar surface area (TPSA) is 41.6 Å². The van der Waals surface area contributed by atoms with Gasteiger partial charge in [0.05, 0.1) is 5.69 Å². The molecule has 0 radical (unpaired) electrons. The number of hydrogen-bond donors (Lipinski definition) is 1. The van der Waals surface area contributed by atoms with Crippen molar-refractivity contribution in [3.8, 4) is 5.75 Å². The van der Waals surface area contributed by atoms with Crippen LogP contribution in [0.4, 0.5) is 23.2 Å². The molecule has 0 saturated carbocycles. The van der Waals surface area contributed by atoms with Gasteiger partial charge in [-0.2, -0.15) is 13.2 Å². The Bertz CT molecular complexity index is 533. The molecule has 1 saturated heterocycles. The highest BCUT2D eigenvalue weighted by atomic mass is 19.4. The normalized spacial score (nSPS) is 19.0. The average molecular weight is 306 g/mol. The third kappa shape index (κ3) is 3.99. The number of rotatable bonds is 4. The molecule has 1 atom stereocenters. The molecule has 1 unspecified atom stereocenters. The van der Waals surface area contributed by atoms with Crippen LogP contribution in [0.15, 0.2) is 18.2 Å². The first-order valence-corrected chi connectivity index (χ1v) is 6.27. The van der Waals surface area contributed by atoms with E-state index >= 15 is 0 Å². The van der Waals surface area contributed by atoms with Gasteiger partial charge in [0.2, 0.25) is 5.91 Å². The minimum atomic E-state index is -4.52. The van der Waals surface area contributed by atoms with Gasteiger partial charge in [-0.15, -0.1) is 0 Å². The third-order valence-corrected chi connectivity index (χ3v) is 3.09. The average Bonchev–Trinajstić information content (AvgIpc) is 2.70. The lowest BCUT2D eigenvalue weighted by molar-refractivity contribution is -0.153. The number of nitrogens with zero attached hydrogens (tertiary/aromatic N) is 1. The van der Waals surface area contributed by atoms with E-state index in [9.17, 15) is 22.4 Å². The van der Waals surface area contributed by atoms with Gasteiger partial charge in [0.1, 0.15) is 17.6 Å². The fourth-order valence-electron chi connectivity index (χ4n) is 2.04. The van der Waals surface area contributed by atoms with E-state index in [-0.39, 0.29) is 17.3 Å². The van der Waals surface area contributed by atoms with Gasteiger partial charge in [-0.05, 0) is 18.6 Å². The molecule has 8 heteroatoms. The van der Waals surface area contributed by atoms with Gasteiger partial charge in [-0.1, -0.05) is 0 Å². The van der Waals surface area contributed by atoms with E-state index in [1.165, 1.54) is 11.0 Å². The van der Waals surface area contributed by atoms with Gasteiger partial charge < -0.3 is 15.0 Å². The van der Waals surface area contributed by atoms with Crippen LogP contribution in [-0.2, 0) is 4.79 Å². The van der Waals surface area contributed by atoms with Gasteiger partial charge in [-0.3, -0.25) is 4.79 Å². The second kappa shape index (κ2) is 5.79. The lowest BCUT2D eigenvalue weighted by Crippen LogP contribution is -2.31. The van der Waals surface area contributed by atoms with Crippen molar-refractivity contribution in [2.45, 2.75) is 18.6 Å². The molecule has 116 valence electrons. The smallest absolute Gasteiger partial charge is 0.422 e. The number of likely N-dealkylation sites (N-methyl/N-ethyl adjacent to an activating group) is 1. The van der Waals surface area contributed by atoms with E-state index in [2.05, 4.69) is 10.1 Å². The molecule has 1 N–H and O–H groups in total. The van der Waals surface area contributed by atoms with E-state index in [1.54, 1.807) is 7.05 Å². The van der Waals surface area contributed by atoms with Crippen molar-refractivity contribution in [3.63, 3.8) is 0 Å². The maximum Gasteiger partial charge on any atom is 0.422 e. The van der Waals surface area contributed by atoms with Gasteiger partial charge in [0.25, 0.3) is 0 Å². The molecule has 0 bridgehead atoms. The molecule has 1 aliphatic rings. The molecule has 1 heterocycles. The molecular formula is C13H14F4N2O2. The van der Waals surface area contributed by atoms with Crippen molar-refractivity contribution in [3.05, 3.63) is 24.0 Å². The first kappa shape index (κ1) is 15.4. The zero-order valence-electron chi connectivity index (χ0n) is 11.2. The van der Waals surface area contributed by atoms with Crippen molar-refractivity contribution in [1.82, 2.24) is 4.90 Å². The van der Waals surface area contributed by atoms with Gasteiger partial charge >= 0.3 is 6.18 Å². The molecule has 2 rings (SSSR count). The summed E-state index contributed by atoms with van der Waals surface area (Å²) in [6, 6.07) is 2.66. The zero-order valence-corrected chi connectivity index (χ0v) is 11.2. The number of hydrogen-bond acceptors (Lipinski definition) is 3. The van der Waals surface area contributed by atoms with Crippen LogP contribution in [-0.4, -0.2) is 43.2 Å². The van der Waals surface area contributed by atoms with Crippen molar-refractivity contribution < 1.29 is 27.1 Å². The van der Waals surface area contributed by atoms with Crippen LogP contribution in [0.25, 0.3) is 0 Å². The number of likely N-dealkylation sites (tertiary alicyclic amines) is 1. The van der Waals surface area contributed by atoms with Gasteiger partial charge in [0.15, 0.2) is 6.61 Å². The monoisotopic (exact) mass is 306 g/mol. The Morgan fingerprint density at radius 1 is 1.43 bits per heavy atom. The van der Waals surface area contributed by atoms with E-state index in [0.29, 0.717) is 13.0 Å². The standard InChI is InChI=1S/C13H14F4N2O2/c1-19-5-4-10(12(19)20)18-9-3-2-8(14)6-11(9)21-7-13(15,16)17/h2-3,6,10,18H,4-5,7H2,1H3. The summed E-state index contributed by atoms with van der Waals surface area (Å²) in [5, 5.41) is 2.80. The predicted octanol–water partition coefficient (Wildman–Crippen LogP) is 2.41. The van der Waals surface area contributed by atoms with E-state index in [1.807, 2.05) is 0 Å². The number of amides is 1. The van der Waals surface area contributed by atoms with Crippen molar-refractivity contribution in [2.24, 2.45) is 0 Å². The predicted molar refractivity (Wildman–Crippen MR) is 67.6 cm³/mol.